The van der Waals surface area contributed by atoms with Crippen LogP contribution in [0.5, 0.6) is 11.5 Å². The molecule has 1 aromatic heterocycles. The van der Waals surface area contributed by atoms with E-state index in [0.717, 1.165) is 33.2 Å². The van der Waals surface area contributed by atoms with Gasteiger partial charge in [-0.1, -0.05) is 36.4 Å². The number of ether oxygens (including phenoxy) is 1. The Bertz CT molecular complexity index is 1130. The Morgan fingerprint density at radius 2 is 1.85 bits per heavy atom. The van der Waals surface area contributed by atoms with Crippen molar-refractivity contribution in [1.82, 2.24) is 4.68 Å². The van der Waals surface area contributed by atoms with E-state index in [1.165, 1.54) is 0 Å². The second kappa shape index (κ2) is 6.21. The number of para-hydroxylation sites is 1. The van der Waals surface area contributed by atoms with E-state index in [4.69, 9.17) is 10.6 Å². The maximum absolute atomic E-state index is 12.1. The molecule has 1 aliphatic rings. The third kappa shape index (κ3) is 2.69. The number of aromatic nitrogens is 1. The van der Waals surface area contributed by atoms with Crippen LogP contribution in [0, 0.1) is 0 Å². The van der Waals surface area contributed by atoms with Crippen molar-refractivity contribution >= 4 is 5.97 Å². The number of nitrogen functional groups attached to an aromatic ring is 1. The van der Waals surface area contributed by atoms with Crippen molar-refractivity contribution in [1.29, 1.82) is 0 Å². The molecule has 0 amide bonds. The Morgan fingerprint density at radius 1 is 1.11 bits per heavy atom. The summed E-state index contributed by atoms with van der Waals surface area (Å²) in [5.74, 6) is 4.37. The monoisotopic (exact) mass is 364 g/mol. The summed E-state index contributed by atoms with van der Waals surface area (Å²) in [6, 6.07) is 14.3. The van der Waals surface area contributed by atoms with E-state index >= 15 is 0 Å². The van der Waals surface area contributed by atoms with Gasteiger partial charge >= 0.3 is 5.97 Å². The Labute approximate surface area is 153 Å². The van der Waals surface area contributed by atoms with Crippen LogP contribution in [0.1, 0.15) is 27.2 Å². The molecule has 0 saturated carbocycles. The van der Waals surface area contributed by atoms with Crippen LogP contribution in [0.2, 0.25) is 0 Å². The molecule has 3 aromatic rings. The third-order valence-electron chi connectivity index (χ3n) is 4.70. The molecule has 0 radical (unpaired) electrons. The number of fused-ring (bicyclic) bond motifs is 2. The van der Waals surface area contributed by atoms with Gasteiger partial charge in [-0.05, 0) is 22.8 Å². The first kappa shape index (κ1) is 16.7. The molecule has 0 saturated heterocycles. The highest BCUT2D eigenvalue weighted by molar-refractivity contribution is 5.90. The molecule has 4 rings (SSSR count). The first-order valence-electron chi connectivity index (χ1n) is 8.26. The molecule has 1 aliphatic heterocycles. The molecular weight excluding hydrogens is 348 g/mol. The fourth-order valence-electron chi connectivity index (χ4n) is 3.38. The van der Waals surface area contributed by atoms with Crippen LogP contribution in [-0.2, 0) is 13.0 Å². The molecule has 4 N–H and O–H groups in total. The maximum Gasteiger partial charge on any atom is 0.358 e. The zero-order valence-electron chi connectivity index (χ0n) is 14.2. The van der Waals surface area contributed by atoms with Gasteiger partial charge in [-0.3, -0.25) is 9.47 Å². The normalized spacial score (nSPS) is 12.4. The molecule has 0 fully saturated rings. The lowest BCUT2D eigenvalue weighted by molar-refractivity contribution is 0.0682. The second-order valence-corrected chi connectivity index (χ2v) is 6.28. The number of hydrogen-bond acceptors (Lipinski definition) is 5. The summed E-state index contributed by atoms with van der Waals surface area (Å²) < 4.78 is 6.71. The zero-order valence-corrected chi connectivity index (χ0v) is 14.2. The van der Waals surface area contributed by atoms with Crippen molar-refractivity contribution in [3.05, 3.63) is 81.1 Å². The molecule has 27 heavy (non-hydrogen) atoms. The SMILES string of the molecule is Nn1c(-c2cccc3c2Cc2ccccc2OC3)cc(=O)c(O)c1C(=O)O. The standard InChI is InChI=1S/C20H16N2O5/c21-22-15(9-16(23)19(24)18(22)20(25)26)13-6-3-5-12-10-27-17-7-2-1-4-11(17)8-14(12)13/h1-7,9,24H,8,10,21H2,(H,25,26). The molecule has 0 bridgehead atoms. The minimum absolute atomic E-state index is 0.214. The number of benzene rings is 2. The zero-order chi connectivity index (χ0) is 19.1. The number of aromatic carboxylic acids is 1. The summed E-state index contributed by atoms with van der Waals surface area (Å²) >= 11 is 0. The highest BCUT2D eigenvalue weighted by Gasteiger charge is 2.23. The molecule has 2 aromatic carbocycles. The van der Waals surface area contributed by atoms with Gasteiger partial charge in [0.25, 0.3) is 0 Å². The lowest BCUT2D eigenvalue weighted by Gasteiger charge is -2.17. The van der Waals surface area contributed by atoms with Crippen molar-refractivity contribution < 1.29 is 19.7 Å². The lowest BCUT2D eigenvalue weighted by atomic mass is 9.93. The average Bonchev–Trinajstić information content (AvgIpc) is 2.84. The number of carboxylic acids is 1. The van der Waals surface area contributed by atoms with Gasteiger partial charge in [0.1, 0.15) is 12.4 Å². The predicted molar refractivity (Wildman–Crippen MR) is 98.5 cm³/mol. The molecule has 136 valence electrons. The Morgan fingerprint density at radius 3 is 2.63 bits per heavy atom. The summed E-state index contributed by atoms with van der Waals surface area (Å²) in [7, 11) is 0. The number of nitrogens with zero attached hydrogens (tertiary/aromatic N) is 1. The van der Waals surface area contributed by atoms with E-state index in [1.54, 1.807) is 12.1 Å². The van der Waals surface area contributed by atoms with Gasteiger partial charge < -0.3 is 20.8 Å². The first-order chi connectivity index (χ1) is 13.0. The summed E-state index contributed by atoms with van der Waals surface area (Å²) in [4.78, 5) is 23.6. The summed E-state index contributed by atoms with van der Waals surface area (Å²) in [6.07, 6.45) is 0.541. The van der Waals surface area contributed by atoms with Gasteiger partial charge in [-0.25, -0.2) is 4.79 Å². The molecule has 0 unspecified atom stereocenters. The Balaban J connectivity index is 1.97. The van der Waals surface area contributed by atoms with Gasteiger partial charge in [0.05, 0.1) is 5.69 Å². The number of hydrogen-bond donors (Lipinski definition) is 3. The fraction of sp³-hybridized carbons (Fsp3) is 0.100. The molecule has 2 heterocycles. The second-order valence-electron chi connectivity index (χ2n) is 6.28. The van der Waals surface area contributed by atoms with Gasteiger partial charge in [-0.15, -0.1) is 0 Å². The number of aromatic hydroxyl groups is 1. The van der Waals surface area contributed by atoms with Gasteiger partial charge in [0, 0.05) is 18.1 Å². The largest absolute Gasteiger partial charge is 0.502 e. The first-order valence-corrected chi connectivity index (χ1v) is 8.26. The van der Waals surface area contributed by atoms with E-state index < -0.39 is 22.8 Å². The van der Waals surface area contributed by atoms with Crippen LogP contribution in [0.3, 0.4) is 0 Å². The lowest BCUT2D eigenvalue weighted by Crippen LogP contribution is -2.25. The summed E-state index contributed by atoms with van der Waals surface area (Å²) in [5.41, 5.74) is 2.17. The summed E-state index contributed by atoms with van der Waals surface area (Å²) in [5, 5.41) is 19.2. The Kier molecular flexibility index (Phi) is 3.84. The van der Waals surface area contributed by atoms with Crippen LogP contribution < -0.4 is 16.0 Å². The van der Waals surface area contributed by atoms with Crippen molar-refractivity contribution in [3.63, 3.8) is 0 Å². The van der Waals surface area contributed by atoms with E-state index in [9.17, 15) is 19.8 Å². The van der Waals surface area contributed by atoms with Crippen LogP contribution in [0.15, 0.2) is 53.3 Å². The fourth-order valence-corrected chi connectivity index (χ4v) is 3.38. The number of carbonyl (C=O) groups is 1. The maximum atomic E-state index is 12.1. The number of carboxylic acid groups (broad SMARTS) is 1. The van der Waals surface area contributed by atoms with Crippen LogP contribution in [0.25, 0.3) is 11.3 Å². The van der Waals surface area contributed by atoms with Gasteiger partial charge in [0.15, 0.2) is 11.4 Å². The smallest absolute Gasteiger partial charge is 0.358 e. The average molecular weight is 364 g/mol. The highest BCUT2D eigenvalue weighted by atomic mass is 16.5. The topological polar surface area (TPSA) is 115 Å². The third-order valence-corrected chi connectivity index (χ3v) is 4.70. The van der Waals surface area contributed by atoms with E-state index in [-0.39, 0.29) is 5.69 Å². The van der Waals surface area contributed by atoms with Crippen molar-refractivity contribution in [2.45, 2.75) is 13.0 Å². The molecule has 7 heteroatoms. The highest BCUT2D eigenvalue weighted by Crippen LogP contribution is 2.34. The van der Waals surface area contributed by atoms with E-state index in [0.29, 0.717) is 18.6 Å². The minimum Gasteiger partial charge on any atom is -0.502 e. The molecule has 0 atom stereocenters. The van der Waals surface area contributed by atoms with Crippen molar-refractivity contribution in [3.8, 4) is 22.8 Å². The summed E-state index contributed by atoms with van der Waals surface area (Å²) in [6.45, 7) is 0.346. The van der Waals surface area contributed by atoms with Gasteiger partial charge in [-0.2, -0.15) is 0 Å². The molecule has 0 spiro atoms. The Hall–Kier alpha value is -3.74. The van der Waals surface area contributed by atoms with Crippen LogP contribution >= 0.6 is 0 Å². The predicted octanol–water partition coefficient (Wildman–Crippen LogP) is 2.12. The molecular formula is C20H16N2O5. The molecule has 0 aliphatic carbocycles. The van der Waals surface area contributed by atoms with Crippen LogP contribution in [0.4, 0.5) is 0 Å². The number of pyridine rings is 1. The van der Waals surface area contributed by atoms with Crippen molar-refractivity contribution in [2.24, 2.45) is 0 Å². The quantitative estimate of drug-likeness (QED) is 0.600. The van der Waals surface area contributed by atoms with Crippen molar-refractivity contribution in [2.75, 3.05) is 5.84 Å². The van der Waals surface area contributed by atoms with Gasteiger partial charge in [0.2, 0.25) is 5.43 Å². The van der Waals surface area contributed by atoms with E-state index in [2.05, 4.69) is 0 Å². The van der Waals surface area contributed by atoms with E-state index in [1.807, 2.05) is 30.3 Å². The number of nitrogens with two attached hydrogens (primary N) is 1. The van der Waals surface area contributed by atoms with Crippen LogP contribution in [-0.4, -0.2) is 20.9 Å². The molecule has 7 nitrogen and oxygen atoms in total. The minimum atomic E-state index is -1.48. The number of rotatable bonds is 2.